The summed E-state index contributed by atoms with van der Waals surface area (Å²) in [6, 6.07) is 11.0. The third kappa shape index (κ3) is 5.87. The van der Waals surface area contributed by atoms with E-state index in [4.69, 9.17) is 4.74 Å². The molecule has 0 aromatic heterocycles. The Hall–Kier alpha value is -2.24. The van der Waals surface area contributed by atoms with E-state index in [1.54, 1.807) is 12.1 Å². The Kier molecular flexibility index (Phi) is 7.04. The van der Waals surface area contributed by atoms with Crippen LogP contribution >= 0.6 is 0 Å². The van der Waals surface area contributed by atoms with Crippen LogP contribution in [0, 0.1) is 5.92 Å². The molecule has 0 unspecified atom stereocenters. The number of hydrogen-bond donors (Lipinski definition) is 0. The van der Waals surface area contributed by atoms with Crippen molar-refractivity contribution in [3.63, 3.8) is 0 Å². The average molecular weight is 410 g/mol. The van der Waals surface area contributed by atoms with Gasteiger partial charge in [0.2, 0.25) is 0 Å². The fourth-order valence-corrected chi connectivity index (χ4v) is 4.04. The molecule has 0 amide bonds. The van der Waals surface area contributed by atoms with Crippen LogP contribution in [0.25, 0.3) is 0 Å². The van der Waals surface area contributed by atoms with E-state index in [-0.39, 0.29) is 17.1 Å². The Morgan fingerprint density at radius 3 is 2.03 bits per heavy atom. The van der Waals surface area contributed by atoms with Crippen LogP contribution in [0.2, 0.25) is 0 Å². The maximum Gasteiger partial charge on any atom is 0.426 e. The first-order valence-corrected chi connectivity index (χ1v) is 10.1. The average Bonchev–Trinajstić information content (AvgIpc) is 2.70. The number of hydrogen-bond acceptors (Lipinski definition) is 2. The van der Waals surface area contributed by atoms with Crippen LogP contribution in [0.15, 0.2) is 48.5 Å². The van der Waals surface area contributed by atoms with Crippen molar-refractivity contribution in [1.29, 1.82) is 0 Å². The van der Waals surface area contributed by atoms with Crippen molar-refractivity contribution in [1.82, 2.24) is 0 Å². The van der Waals surface area contributed by atoms with Gasteiger partial charge in [-0.2, -0.15) is 17.6 Å². The van der Waals surface area contributed by atoms with Crippen molar-refractivity contribution >= 4 is 0 Å². The van der Waals surface area contributed by atoms with Gasteiger partial charge < -0.3 is 9.47 Å². The zero-order valence-corrected chi connectivity index (χ0v) is 16.4. The van der Waals surface area contributed by atoms with Crippen LogP contribution in [0.4, 0.5) is 17.6 Å². The van der Waals surface area contributed by atoms with Gasteiger partial charge in [-0.1, -0.05) is 31.9 Å². The van der Waals surface area contributed by atoms with Crippen LogP contribution in [0.5, 0.6) is 11.5 Å². The molecule has 0 spiro atoms. The fourth-order valence-electron chi connectivity index (χ4n) is 4.04. The molecule has 2 nitrogen and oxygen atoms in total. The van der Waals surface area contributed by atoms with Crippen molar-refractivity contribution in [3.05, 3.63) is 59.7 Å². The second-order valence-electron chi connectivity index (χ2n) is 7.60. The minimum Gasteiger partial charge on any atom is -0.435 e. The van der Waals surface area contributed by atoms with Gasteiger partial charge in [0.15, 0.2) is 0 Å². The summed E-state index contributed by atoms with van der Waals surface area (Å²) in [5.41, 5.74) is 0.849. The van der Waals surface area contributed by atoms with Crippen LogP contribution in [-0.2, 0) is 6.11 Å². The van der Waals surface area contributed by atoms with Gasteiger partial charge in [-0.15, -0.1) is 0 Å². The van der Waals surface area contributed by atoms with Crippen molar-refractivity contribution in [2.45, 2.75) is 64.1 Å². The molecule has 6 heteroatoms. The number of benzene rings is 2. The molecule has 0 heterocycles. The first kappa shape index (κ1) is 21.5. The quantitative estimate of drug-likeness (QED) is 0.420. The Labute approximate surface area is 168 Å². The molecular formula is C23H26F4O2. The summed E-state index contributed by atoms with van der Waals surface area (Å²) in [5, 5.41) is 0. The van der Waals surface area contributed by atoms with Gasteiger partial charge in [0.05, 0.1) is 5.56 Å². The minimum absolute atomic E-state index is 0.117. The zero-order valence-electron chi connectivity index (χ0n) is 16.4. The van der Waals surface area contributed by atoms with Gasteiger partial charge in [0.1, 0.15) is 11.5 Å². The number of alkyl halides is 4. The van der Waals surface area contributed by atoms with Gasteiger partial charge in [0.25, 0.3) is 0 Å². The van der Waals surface area contributed by atoms with Crippen molar-refractivity contribution in [2.24, 2.45) is 5.92 Å². The molecule has 1 saturated carbocycles. The Morgan fingerprint density at radius 2 is 1.48 bits per heavy atom. The topological polar surface area (TPSA) is 18.5 Å². The lowest BCUT2D eigenvalue weighted by Gasteiger charge is -2.29. The normalized spacial score (nSPS) is 19.9. The lowest BCUT2D eigenvalue weighted by molar-refractivity contribution is -0.185. The third-order valence-corrected chi connectivity index (χ3v) is 5.56. The molecule has 0 radical (unpaired) electrons. The smallest absolute Gasteiger partial charge is 0.426 e. The molecule has 0 saturated heterocycles. The summed E-state index contributed by atoms with van der Waals surface area (Å²) >= 11 is 0. The van der Waals surface area contributed by atoms with Crippen LogP contribution < -0.4 is 9.47 Å². The van der Waals surface area contributed by atoms with Gasteiger partial charge in [-0.05, 0) is 79.5 Å². The predicted molar refractivity (Wildman–Crippen MR) is 104 cm³/mol. The second-order valence-corrected chi connectivity index (χ2v) is 7.60. The maximum absolute atomic E-state index is 14.5. The second kappa shape index (κ2) is 9.51. The van der Waals surface area contributed by atoms with E-state index in [9.17, 15) is 17.6 Å². The molecule has 1 aliphatic carbocycles. The zero-order chi connectivity index (χ0) is 20.9. The van der Waals surface area contributed by atoms with Crippen molar-refractivity contribution in [2.75, 3.05) is 0 Å². The molecule has 2 aromatic carbocycles. The van der Waals surface area contributed by atoms with E-state index in [1.165, 1.54) is 49.9 Å². The highest BCUT2D eigenvalue weighted by molar-refractivity contribution is 5.33. The molecular weight excluding hydrogens is 384 g/mol. The Bertz CT molecular complexity index is 751. The van der Waals surface area contributed by atoms with Crippen LogP contribution in [0.3, 0.4) is 0 Å². The van der Waals surface area contributed by atoms with E-state index in [1.807, 2.05) is 0 Å². The maximum atomic E-state index is 14.5. The molecule has 0 bridgehead atoms. The molecule has 0 aliphatic heterocycles. The number of rotatable bonds is 8. The number of halogens is 4. The van der Waals surface area contributed by atoms with E-state index >= 15 is 0 Å². The summed E-state index contributed by atoms with van der Waals surface area (Å²) in [6.07, 6.45) is 3.55. The Morgan fingerprint density at radius 1 is 0.897 bits per heavy atom. The first-order chi connectivity index (χ1) is 13.9. The van der Waals surface area contributed by atoms with Crippen molar-refractivity contribution < 1.29 is 27.0 Å². The van der Waals surface area contributed by atoms with Gasteiger partial charge in [0, 0.05) is 0 Å². The SMILES string of the molecule is CCCC1CCC(c2ccc(C(F)(F)Oc3ccc(OC(F)F)cc3)cc2)CC1. The largest absolute Gasteiger partial charge is 0.435 e. The van der Waals surface area contributed by atoms with Crippen LogP contribution in [-0.4, -0.2) is 6.61 Å². The van der Waals surface area contributed by atoms with Gasteiger partial charge in [-0.3, -0.25) is 0 Å². The predicted octanol–water partition coefficient (Wildman–Crippen LogP) is 7.49. The van der Waals surface area contributed by atoms with Crippen LogP contribution in [0.1, 0.15) is 62.5 Å². The highest BCUT2D eigenvalue weighted by atomic mass is 19.3. The summed E-state index contributed by atoms with van der Waals surface area (Å²) in [4.78, 5) is 0. The first-order valence-electron chi connectivity index (χ1n) is 10.1. The van der Waals surface area contributed by atoms with E-state index in [0.717, 1.165) is 36.5 Å². The molecule has 1 aliphatic rings. The monoisotopic (exact) mass is 410 g/mol. The summed E-state index contributed by atoms with van der Waals surface area (Å²) in [6.45, 7) is -0.762. The summed E-state index contributed by atoms with van der Waals surface area (Å²) in [7, 11) is 0. The summed E-state index contributed by atoms with van der Waals surface area (Å²) in [5.74, 6) is 0.975. The van der Waals surface area contributed by atoms with Gasteiger partial charge in [-0.25, -0.2) is 0 Å². The molecule has 3 rings (SSSR count). The van der Waals surface area contributed by atoms with Gasteiger partial charge >= 0.3 is 12.7 Å². The highest BCUT2D eigenvalue weighted by Crippen LogP contribution is 2.39. The molecule has 158 valence electrons. The highest BCUT2D eigenvalue weighted by Gasteiger charge is 2.34. The minimum atomic E-state index is -3.53. The lowest BCUT2D eigenvalue weighted by Crippen LogP contribution is -2.22. The van der Waals surface area contributed by atoms with Crippen molar-refractivity contribution in [3.8, 4) is 11.5 Å². The third-order valence-electron chi connectivity index (χ3n) is 5.56. The summed E-state index contributed by atoms with van der Waals surface area (Å²) < 4.78 is 62.3. The van der Waals surface area contributed by atoms with E-state index in [0.29, 0.717) is 5.92 Å². The standard InChI is InChI=1S/C23H26F4O2/c1-2-3-16-4-6-17(7-5-16)18-8-10-19(11-9-18)23(26,27)29-21-14-12-20(13-15-21)28-22(24)25/h8-17,22H,2-7H2,1H3. The molecule has 0 N–H and O–H groups in total. The fraction of sp³-hybridized carbons (Fsp3) is 0.478. The number of ether oxygens (including phenoxy) is 2. The Balaban J connectivity index is 1.61. The molecule has 0 atom stereocenters. The van der Waals surface area contributed by atoms with E-state index < -0.39 is 12.7 Å². The molecule has 1 fully saturated rings. The molecule has 29 heavy (non-hydrogen) atoms. The lowest BCUT2D eigenvalue weighted by atomic mass is 9.77. The molecule has 2 aromatic rings. The van der Waals surface area contributed by atoms with E-state index in [2.05, 4.69) is 11.7 Å².